The maximum absolute atomic E-state index is 12.6. The normalized spacial score (nSPS) is 19.7. The van der Waals surface area contributed by atoms with Gasteiger partial charge in [0.05, 0.1) is 6.04 Å². The topological polar surface area (TPSA) is 81.8 Å². The van der Waals surface area contributed by atoms with Crippen molar-refractivity contribution in [3.05, 3.63) is 28.8 Å². The van der Waals surface area contributed by atoms with E-state index in [1.54, 1.807) is 7.05 Å². The molecular formula is C19H25ClN4O3. The minimum Gasteiger partial charge on any atom is -0.366 e. The SMILES string of the molecule is CNC(CCC(=O)N1CCC2Cc3ccc(Cl)cc3N2CC1)C(=O)NC=O. The largest absolute Gasteiger partial charge is 0.366 e. The molecule has 2 unspecified atom stereocenters. The number of likely N-dealkylation sites (N-methyl/N-ethyl adjacent to an activating group) is 1. The minimum atomic E-state index is -0.553. The number of hydrogen-bond donors (Lipinski definition) is 2. The summed E-state index contributed by atoms with van der Waals surface area (Å²) in [4.78, 5) is 39.0. The van der Waals surface area contributed by atoms with Crippen LogP contribution >= 0.6 is 11.6 Å². The molecule has 1 aromatic rings. The predicted molar refractivity (Wildman–Crippen MR) is 104 cm³/mol. The van der Waals surface area contributed by atoms with E-state index in [-0.39, 0.29) is 12.3 Å². The molecule has 0 saturated carbocycles. The number of halogens is 1. The lowest BCUT2D eigenvalue weighted by Gasteiger charge is -2.25. The second kappa shape index (κ2) is 8.71. The summed E-state index contributed by atoms with van der Waals surface area (Å²) >= 11 is 6.16. The van der Waals surface area contributed by atoms with Gasteiger partial charge in [-0.3, -0.25) is 19.7 Å². The molecule has 1 saturated heterocycles. The van der Waals surface area contributed by atoms with Crippen LogP contribution in [-0.2, 0) is 20.8 Å². The lowest BCUT2D eigenvalue weighted by molar-refractivity contribution is -0.131. The smallest absolute Gasteiger partial charge is 0.243 e. The molecule has 0 bridgehead atoms. The number of carbonyl (C=O) groups excluding carboxylic acids is 3. The Morgan fingerprint density at radius 2 is 2.15 bits per heavy atom. The quantitative estimate of drug-likeness (QED) is 0.704. The maximum Gasteiger partial charge on any atom is 0.243 e. The van der Waals surface area contributed by atoms with Gasteiger partial charge in [-0.2, -0.15) is 0 Å². The minimum absolute atomic E-state index is 0.0432. The molecule has 0 aromatic heterocycles. The van der Waals surface area contributed by atoms with Crippen molar-refractivity contribution in [2.24, 2.45) is 0 Å². The molecule has 2 N–H and O–H groups in total. The molecule has 7 nitrogen and oxygen atoms in total. The maximum atomic E-state index is 12.6. The molecule has 0 radical (unpaired) electrons. The zero-order chi connectivity index (χ0) is 19.4. The van der Waals surface area contributed by atoms with E-state index < -0.39 is 11.9 Å². The van der Waals surface area contributed by atoms with E-state index >= 15 is 0 Å². The molecule has 3 rings (SSSR count). The number of anilines is 1. The summed E-state index contributed by atoms with van der Waals surface area (Å²) in [6.07, 6.45) is 2.89. The van der Waals surface area contributed by atoms with Gasteiger partial charge < -0.3 is 15.1 Å². The highest BCUT2D eigenvalue weighted by Gasteiger charge is 2.33. The van der Waals surface area contributed by atoms with Crippen molar-refractivity contribution in [3.8, 4) is 0 Å². The third-order valence-corrected chi connectivity index (χ3v) is 5.70. The van der Waals surface area contributed by atoms with E-state index in [1.807, 2.05) is 17.0 Å². The number of imide groups is 1. The Morgan fingerprint density at radius 3 is 2.89 bits per heavy atom. The zero-order valence-corrected chi connectivity index (χ0v) is 16.2. The first-order valence-corrected chi connectivity index (χ1v) is 9.65. The summed E-state index contributed by atoms with van der Waals surface area (Å²) in [7, 11) is 1.64. The second-order valence-electron chi connectivity index (χ2n) is 7.00. The zero-order valence-electron chi connectivity index (χ0n) is 15.4. The number of nitrogens with zero attached hydrogens (tertiary/aromatic N) is 2. The van der Waals surface area contributed by atoms with Gasteiger partial charge in [-0.05, 0) is 44.0 Å². The molecule has 2 heterocycles. The van der Waals surface area contributed by atoms with Crippen LogP contribution in [0.5, 0.6) is 0 Å². The van der Waals surface area contributed by atoms with Crippen molar-refractivity contribution in [1.82, 2.24) is 15.5 Å². The summed E-state index contributed by atoms with van der Waals surface area (Å²) in [5, 5.41) is 5.70. The molecule has 1 fully saturated rings. The summed E-state index contributed by atoms with van der Waals surface area (Å²) in [5.41, 5.74) is 2.50. The van der Waals surface area contributed by atoms with E-state index in [0.717, 1.165) is 24.4 Å². The standard InChI is InChI=1S/C19H25ClN4O3/c1-21-16(19(27)22-12-25)4-5-18(26)23-7-6-15-10-13-2-3-14(20)11-17(13)24(15)9-8-23/h2-3,11-12,15-16,21H,4-10H2,1H3,(H,22,25,27). The van der Waals surface area contributed by atoms with Crippen molar-refractivity contribution in [2.45, 2.75) is 37.8 Å². The van der Waals surface area contributed by atoms with Crippen LogP contribution < -0.4 is 15.5 Å². The van der Waals surface area contributed by atoms with Crippen molar-refractivity contribution >= 4 is 35.5 Å². The Hall–Kier alpha value is -2.12. The fourth-order valence-corrected chi connectivity index (χ4v) is 4.15. The molecule has 146 valence electrons. The van der Waals surface area contributed by atoms with E-state index in [9.17, 15) is 14.4 Å². The van der Waals surface area contributed by atoms with Gasteiger partial charge in [0, 0.05) is 42.8 Å². The monoisotopic (exact) mass is 392 g/mol. The van der Waals surface area contributed by atoms with Gasteiger partial charge in [0.15, 0.2) is 0 Å². The predicted octanol–water partition coefficient (Wildman–Crippen LogP) is 0.944. The van der Waals surface area contributed by atoms with E-state index in [1.165, 1.54) is 11.3 Å². The highest BCUT2D eigenvalue weighted by Crippen LogP contribution is 2.36. The third-order valence-electron chi connectivity index (χ3n) is 5.46. The molecule has 2 aliphatic heterocycles. The molecule has 0 spiro atoms. The molecule has 8 heteroatoms. The number of amides is 3. The lowest BCUT2D eigenvalue weighted by Crippen LogP contribution is -2.43. The van der Waals surface area contributed by atoms with Gasteiger partial charge in [-0.25, -0.2) is 0 Å². The summed E-state index contributed by atoms with van der Waals surface area (Å²) in [6, 6.07) is 5.89. The first-order valence-electron chi connectivity index (χ1n) is 9.27. The van der Waals surface area contributed by atoms with Crippen LogP contribution in [0.25, 0.3) is 0 Å². The lowest BCUT2D eigenvalue weighted by atomic mass is 10.1. The molecular weight excluding hydrogens is 368 g/mol. The van der Waals surface area contributed by atoms with E-state index in [2.05, 4.69) is 21.6 Å². The van der Waals surface area contributed by atoms with Crippen LogP contribution in [0, 0.1) is 0 Å². The molecule has 1 aromatic carbocycles. The Kier molecular flexibility index (Phi) is 6.34. The molecule has 2 atom stereocenters. The number of nitrogens with one attached hydrogen (secondary N) is 2. The van der Waals surface area contributed by atoms with Crippen LogP contribution in [0.4, 0.5) is 5.69 Å². The van der Waals surface area contributed by atoms with Gasteiger partial charge in [-0.15, -0.1) is 0 Å². The van der Waals surface area contributed by atoms with Crippen molar-refractivity contribution < 1.29 is 14.4 Å². The summed E-state index contributed by atoms with van der Waals surface area (Å²) in [6.45, 7) is 2.16. The summed E-state index contributed by atoms with van der Waals surface area (Å²) in [5.74, 6) is -0.369. The fraction of sp³-hybridized carbons (Fsp3) is 0.526. The fourth-order valence-electron chi connectivity index (χ4n) is 3.98. The van der Waals surface area contributed by atoms with Gasteiger partial charge in [0.1, 0.15) is 0 Å². The highest BCUT2D eigenvalue weighted by atomic mass is 35.5. The first-order chi connectivity index (χ1) is 13.0. The van der Waals surface area contributed by atoms with Crippen LogP contribution in [-0.4, -0.2) is 61.9 Å². The molecule has 27 heavy (non-hydrogen) atoms. The van der Waals surface area contributed by atoms with Crippen molar-refractivity contribution in [3.63, 3.8) is 0 Å². The van der Waals surface area contributed by atoms with Gasteiger partial charge >= 0.3 is 0 Å². The van der Waals surface area contributed by atoms with Crippen LogP contribution in [0.1, 0.15) is 24.8 Å². The first kappa shape index (κ1) is 19.6. The van der Waals surface area contributed by atoms with Crippen molar-refractivity contribution in [2.75, 3.05) is 31.6 Å². The van der Waals surface area contributed by atoms with Crippen LogP contribution in [0.15, 0.2) is 18.2 Å². The third kappa shape index (κ3) is 4.42. The van der Waals surface area contributed by atoms with Crippen molar-refractivity contribution in [1.29, 1.82) is 0 Å². The number of carbonyl (C=O) groups is 3. The Morgan fingerprint density at radius 1 is 1.33 bits per heavy atom. The van der Waals surface area contributed by atoms with Gasteiger partial charge in [0.2, 0.25) is 18.2 Å². The summed E-state index contributed by atoms with van der Waals surface area (Å²) < 4.78 is 0. The Bertz CT molecular complexity index is 727. The average Bonchev–Trinajstić information content (AvgIpc) is 2.85. The molecule has 2 aliphatic rings. The van der Waals surface area contributed by atoms with Crippen LogP contribution in [0.3, 0.4) is 0 Å². The van der Waals surface area contributed by atoms with Crippen LogP contribution in [0.2, 0.25) is 5.02 Å². The highest BCUT2D eigenvalue weighted by molar-refractivity contribution is 6.30. The second-order valence-corrected chi connectivity index (χ2v) is 7.44. The molecule has 3 amide bonds. The number of hydrogen-bond acceptors (Lipinski definition) is 5. The average molecular weight is 393 g/mol. The van der Waals surface area contributed by atoms with Gasteiger partial charge in [-0.1, -0.05) is 17.7 Å². The number of benzene rings is 1. The Labute approximate surface area is 164 Å². The Balaban J connectivity index is 1.56. The van der Waals surface area contributed by atoms with Gasteiger partial charge in [0.25, 0.3) is 0 Å². The number of rotatable bonds is 6. The van der Waals surface area contributed by atoms with E-state index in [0.29, 0.717) is 32.0 Å². The van der Waals surface area contributed by atoms with E-state index in [4.69, 9.17) is 11.6 Å². The number of fused-ring (bicyclic) bond motifs is 3. The molecule has 0 aliphatic carbocycles.